The van der Waals surface area contributed by atoms with Crippen LogP contribution in [-0.2, 0) is 13.1 Å². The number of anilines is 1. The molecule has 0 spiro atoms. The molecule has 0 fully saturated rings. The molecular formula is C13H15ClN4O. The van der Waals surface area contributed by atoms with E-state index in [-0.39, 0.29) is 6.01 Å². The van der Waals surface area contributed by atoms with Gasteiger partial charge in [0.15, 0.2) is 5.82 Å². The largest absolute Gasteiger partial charge is 0.467 e. The molecule has 6 heteroatoms. The average molecular weight is 279 g/mol. The number of nitrogens with two attached hydrogens (primary N) is 1. The minimum atomic E-state index is 0.283. The minimum Gasteiger partial charge on any atom is -0.467 e. The number of nitrogens with zero attached hydrogens (tertiary/aromatic N) is 2. The summed E-state index contributed by atoms with van der Waals surface area (Å²) in [6, 6.07) is 8.31. The third-order valence-electron chi connectivity index (χ3n) is 2.62. The minimum absolute atomic E-state index is 0.283. The molecule has 1 heterocycles. The molecule has 3 N–H and O–H groups in total. The predicted octanol–water partition coefficient (Wildman–Crippen LogP) is 2.21. The highest BCUT2D eigenvalue weighted by Gasteiger charge is 2.05. The summed E-state index contributed by atoms with van der Waals surface area (Å²) in [4.78, 5) is 8.06. The van der Waals surface area contributed by atoms with Crippen LogP contribution in [0.15, 0.2) is 30.5 Å². The molecule has 19 heavy (non-hydrogen) atoms. The van der Waals surface area contributed by atoms with Gasteiger partial charge in [-0.05, 0) is 11.1 Å². The fourth-order valence-corrected chi connectivity index (χ4v) is 1.71. The maximum absolute atomic E-state index is 6.01. The number of rotatable bonds is 5. The molecule has 2 aromatic rings. The van der Waals surface area contributed by atoms with Crippen LogP contribution in [0.25, 0.3) is 0 Å². The first-order chi connectivity index (χ1) is 9.22. The summed E-state index contributed by atoms with van der Waals surface area (Å²) in [6.07, 6.45) is 1.51. The summed E-state index contributed by atoms with van der Waals surface area (Å²) in [5, 5.41) is 3.60. The quantitative estimate of drug-likeness (QED) is 0.877. The van der Waals surface area contributed by atoms with Crippen molar-refractivity contribution in [1.29, 1.82) is 0 Å². The lowest BCUT2D eigenvalue weighted by Gasteiger charge is -2.08. The average Bonchev–Trinajstić information content (AvgIpc) is 2.47. The van der Waals surface area contributed by atoms with Crippen molar-refractivity contribution in [2.24, 2.45) is 5.73 Å². The molecule has 0 amide bonds. The maximum Gasteiger partial charge on any atom is 0.318 e. The molecule has 0 unspecified atom stereocenters. The van der Waals surface area contributed by atoms with E-state index < -0.39 is 0 Å². The fourth-order valence-electron chi connectivity index (χ4n) is 1.55. The lowest BCUT2D eigenvalue weighted by Crippen LogP contribution is -2.04. The van der Waals surface area contributed by atoms with Gasteiger partial charge in [-0.3, -0.25) is 0 Å². The van der Waals surface area contributed by atoms with Crippen LogP contribution in [-0.4, -0.2) is 17.1 Å². The van der Waals surface area contributed by atoms with Crippen molar-refractivity contribution in [3.05, 3.63) is 46.6 Å². The number of hydrogen-bond donors (Lipinski definition) is 2. The fraction of sp³-hybridized carbons (Fsp3) is 0.231. The second-order valence-electron chi connectivity index (χ2n) is 3.93. The Balaban J connectivity index is 2.05. The third kappa shape index (κ3) is 3.56. The predicted molar refractivity (Wildman–Crippen MR) is 75.3 cm³/mol. The van der Waals surface area contributed by atoms with Gasteiger partial charge in [0.2, 0.25) is 0 Å². The van der Waals surface area contributed by atoms with E-state index in [0.717, 1.165) is 11.1 Å². The van der Waals surface area contributed by atoms with Crippen LogP contribution in [0.2, 0.25) is 5.02 Å². The molecule has 1 aromatic heterocycles. The van der Waals surface area contributed by atoms with Gasteiger partial charge in [0.05, 0.1) is 13.3 Å². The van der Waals surface area contributed by atoms with Gasteiger partial charge in [-0.2, -0.15) is 4.98 Å². The smallest absolute Gasteiger partial charge is 0.318 e. The first-order valence-corrected chi connectivity index (χ1v) is 6.19. The Bertz CT molecular complexity index is 545. The molecule has 2 rings (SSSR count). The number of methoxy groups -OCH3 is 1. The van der Waals surface area contributed by atoms with Gasteiger partial charge in [-0.1, -0.05) is 35.9 Å². The second-order valence-corrected chi connectivity index (χ2v) is 4.33. The molecule has 0 radical (unpaired) electrons. The monoisotopic (exact) mass is 278 g/mol. The van der Waals surface area contributed by atoms with Crippen molar-refractivity contribution in [2.75, 3.05) is 12.4 Å². The van der Waals surface area contributed by atoms with Gasteiger partial charge >= 0.3 is 6.01 Å². The molecule has 0 bridgehead atoms. The maximum atomic E-state index is 6.01. The van der Waals surface area contributed by atoms with Gasteiger partial charge in [-0.25, -0.2) is 4.98 Å². The second kappa shape index (κ2) is 6.36. The number of aromatic nitrogens is 2. The molecule has 0 aliphatic heterocycles. The Morgan fingerprint density at radius 1 is 1.26 bits per heavy atom. The van der Waals surface area contributed by atoms with Crippen molar-refractivity contribution in [1.82, 2.24) is 9.97 Å². The number of ether oxygens (including phenoxy) is 1. The Labute approximate surface area is 116 Å². The molecule has 100 valence electrons. The highest BCUT2D eigenvalue weighted by Crippen LogP contribution is 2.20. The molecule has 0 saturated heterocycles. The van der Waals surface area contributed by atoms with E-state index in [2.05, 4.69) is 15.3 Å². The summed E-state index contributed by atoms with van der Waals surface area (Å²) >= 11 is 6.01. The van der Waals surface area contributed by atoms with Crippen molar-refractivity contribution < 1.29 is 4.74 Å². The zero-order valence-electron chi connectivity index (χ0n) is 10.6. The zero-order chi connectivity index (χ0) is 13.7. The van der Waals surface area contributed by atoms with Crippen LogP contribution in [0.5, 0.6) is 6.01 Å². The standard InChI is InChI=1S/C13H15ClN4O/c1-19-13-17-8-11(14)12(18-13)16-7-10-4-2-9(6-15)3-5-10/h2-5,8H,6-7,15H2,1H3,(H,16,17,18). The summed E-state index contributed by atoms with van der Waals surface area (Å²) in [6.45, 7) is 1.16. The van der Waals surface area contributed by atoms with E-state index in [4.69, 9.17) is 22.1 Å². The van der Waals surface area contributed by atoms with E-state index in [1.807, 2.05) is 24.3 Å². The van der Waals surface area contributed by atoms with E-state index in [1.54, 1.807) is 0 Å². The summed E-state index contributed by atoms with van der Waals surface area (Å²) in [5.41, 5.74) is 7.77. The van der Waals surface area contributed by atoms with Crippen LogP contribution < -0.4 is 15.8 Å². The number of nitrogens with one attached hydrogen (secondary N) is 1. The van der Waals surface area contributed by atoms with Crippen molar-refractivity contribution in [3.8, 4) is 6.01 Å². The van der Waals surface area contributed by atoms with Crippen molar-refractivity contribution in [2.45, 2.75) is 13.1 Å². The Morgan fingerprint density at radius 2 is 1.95 bits per heavy atom. The van der Waals surface area contributed by atoms with Gasteiger partial charge < -0.3 is 15.8 Å². The van der Waals surface area contributed by atoms with Crippen molar-refractivity contribution >= 4 is 17.4 Å². The van der Waals surface area contributed by atoms with Crippen LogP contribution in [0, 0.1) is 0 Å². The van der Waals surface area contributed by atoms with E-state index in [0.29, 0.717) is 23.9 Å². The molecule has 0 saturated carbocycles. The Morgan fingerprint density at radius 3 is 2.58 bits per heavy atom. The van der Waals surface area contributed by atoms with Gasteiger partial charge in [0.25, 0.3) is 0 Å². The lowest BCUT2D eigenvalue weighted by molar-refractivity contribution is 0.380. The summed E-state index contributed by atoms with van der Waals surface area (Å²) in [7, 11) is 1.51. The van der Waals surface area contributed by atoms with E-state index >= 15 is 0 Å². The first kappa shape index (κ1) is 13.6. The summed E-state index contributed by atoms with van der Waals surface area (Å²) in [5.74, 6) is 0.552. The molecule has 0 atom stereocenters. The third-order valence-corrected chi connectivity index (χ3v) is 2.90. The highest BCUT2D eigenvalue weighted by atomic mass is 35.5. The van der Waals surface area contributed by atoms with E-state index in [9.17, 15) is 0 Å². The normalized spacial score (nSPS) is 10.3. The van der Waals surface area contributed by atoms with E-state index in [1.165, 1.54) is 13.3 Å². The number of benzene rings is 1. The topological polar surface area (TPSA) is 73.1 Å². The number of halogens is 1. The van der Waals surface area contributed by atoms with Gasteiger partial charge in [0.1, 0.15) is 5.02 Å². The van der Waals surface area contributed by atoms with Crippen LogP contribution >= 0.6 is 11.6 Å². The SMILES string of the molecule is COc1ncc(Cl)c(NCc2ccc(CN)cc2)n1. The Kier molecular flexibility index (Phi) is 4.54. The molecule has 0 aliphatic rings. The van der Waals surface area contributed by atoms with Crippen LogP contribution in [0.4, 0.5) is 5.82 Å². The zero-order valence-corrected chi connectivity index (χ0v) is 11.3. The molecular weight excluding hydrogens is 264 g/mol. The molecule has 0 aliphatic carbocycles. The first-order valence-electron chi connectivity index (χ1n) is 5.81. The van der Waals surface area contributed by atoms with Crippen molar-refractivity contribution in [3.63, 3.8) is 0 Å². The molecule has 5 nitrogen and oxygen atoms in total. The highest BCUT2D eigenvalue weighted by molar-refractivity contribution is 6.32. The lowest BCUT2D eigenvalue weighted by atomic mass is 10.1. The van der Waals surface area contributed by atoms with Gasteiger partial charge in [-0.15, -0.1) is 0 Å². The Hall–Kier alpha value is -1.85. The molecule has 1 aromatic carbocycles. The van der Waals surface area contributed by atoms with Crippen LogP contribution in [0.3, 0.4) is 0 Å². The van der Waals surface area contributed by atoms with Gasteiger partial charge in [0, 0.05) is 13.1 Å². The number of hydrogen-bond acceptors (Lipinski definition) is 5. The van der Waals surface area contributed by atoms with Crippen LogP contribution in [0.1, 0.15) is 11.1 Å². The summed E-state index contributed by atoms with van der Waals surface area (Å²) < 4.78 is 4.96.